The minimum atomic E-state index is 0.865. The number of fused-ring (bicyclic) bond motifs is 1. The molecule has 0 spiro atoms. The predicted octanol–water partition coefficient (Wildman–Crippen LogP) is 4.12. The Morgan fingerprint density at radius 3 is 3.19 bits per heavy atom. The highest BCUT2D eigenvalue weighted by atomic mass is 32.2. The molecule has 21 heavy (non-hydrogen) atoms. The van der Waals surface area contributed by atoms with Gasteiger partial charge in [-0.05, 0) is 49.7 Å². The fourth-order valence-corrected chi connectivity index (χ4v) is 4.79. The maximum Gasteiger partial charge on any atom is 0.194 e. The molecule has 0 radical (unpaired) electrons. The molecule has 2 aromatic heterocycles. The molecule has 0 amide bonds. The first kappa shape index (κ1) is 15.1. The second-order valence-electron chi connectivity index (χ2n) is 5.33. The molecule has 2 aromatic rings. The summed E-state index contributed by atoms with van der Waals surface area (Å²) >= 11 is 3.90. The van der Waals surface area contributed by atoms with Gasteiger partial charge in [-0.15, -0.1) is 11.3 Å². The first-order chi connectivity index (χ1) is 10.4. The summed E-state index contributed by atoms with van der Waals surface area (Å²) in [5, 5.41) is 3.41. The van der Waals surface area contributed by atoms with Crippen molar-refractivity contribution in [2.24, 2.45) is 0 Å². The first-order valence-electron chi connectivity index (χ1n) is 7.72. The number of aryl methyl sites for hydroxylation is 2. The molecule has 3 rings (SSSR count). The summed E-state index contributed by atoms with van der Waals surface area (Å²) in [5.74, 6) is 4.20. The number of thioether (sulfide) groups is 1. The highest BCUT2D eigenvalue weighted by Crippen LogP contribution is 2.37. The molecule has 0 atom stereocenters. The predicted molar refractivity (Wildman–Crippen MR) is 91.2 cm³/mol. The normalized spacial score (nSPS) is 14.3. The van der Waals surface area contributed by atoms with Gasteiger partial charge in [-0.1, -0.05) is 6.92 Å². The number of hydrogen-bond acceptors (Lipinski definition) is 5. The fourth-order valence-electron chi connectivity index (χ4n) is 2.47. The van der Waals surface area contributed by atoms with Crippen LogP contribution >= 0.6 is 23.1 Å². The Morgan fingerprint density at radius 1 is 1.38 bits per heavy atom. The molecule has 0 bridgehead atoms. The number of thiophene rings is 1. The Balaban J connectivity index is 1.58. The lowest BCUT2D eigenvalue weighted by molar-refractivity contribution is 0.492. The van der Waals surface area contributed by atoms with E-state index >= 15 is 0 Å². The molecule has 0 aliphatic carbocycles. The summed E-state index contributed by atoms with van der Waals surface area (Å²) in [7, 11) is 0. The van der Waals surface area contributed by atoms with E-state index < -0.39 is 0 Å². The van der Waals surface area contributed by atoms with Gasteiger partial charge >= 0.3 is 0 Å². The van der Waals surface area contributed by atoms with Gasteiger partial charge in [-0.25, -0.2) is 4.98 Å². The van der Waals surface area contributed by atoms with Crippen LogP contribution in [0.3, 0.4) is 0 Å². The van der Waals surface area contributed by atoms with E-state index in [4.69, 9.17) is 4.42 Å². The lowest BCUT2D eigenvalue weighted by atomic mass is 10.2. The Hall–Kier alpha value is -0.780. The Bertz CT molecular complexity index is 553. The number of aromatic nitrogens is 1. The number of oxazole rings is 1. The maximum atomic E-state index is 5.92. The average Bonchev–Trinajstić information content (AvgIpc) is 3.13. The van der Waals surface area contributed by atoms with Crippen LogP contribution in [0, 0.1) is 0 Å². The van der Waals surface area contributed by atoms with Gasteiger partial charge < -0.3 is 9.73 Å². The summed E-state index contributed by atoms with van der Waals surface area (Å²) in [4.78, 5) is 7.20. The van der Waals surface area contributed by atoms with Crippen molar-refractivity contribution in [1.29, 1.82) is 0 Å². The zero-order valence-electron chi connectivity index (χ0n) is 12.5. The van der Waals surface area contributed by atoms with E-state index in [0.29, 0.717) is 0 Å². The molecule has 1 N–H and O–H groups in total. The summed E-state index contributed by atoms with van der Waals surface area (Å²) in [6, 6.07) is 2.29. The Labute approximate surface area is 134 Å². The van der Waals surface area contributed by atoms with E-state index in [0.717, 1.165) is 43.3 Å². The second kappa shape index (κ2) is 7.47. The van der Waals surface area contributed by atoms with Crippen LogP contribution < -0.4 is 5.32 Å². The minimum Gasteiger partial charge on any atom is -0.440 e. The van der Waals surface area contributed by atoms with Crippen molar-refractivity contribution >= 4 is 23.1 Å². The van der Waals surface area contributed by atoms with Crippen molar-refractivity contribution < 1.29 is 4.42 Å². The van der Waals surface area contributed by atoms with E-state index in [9.17, 15) is 0 Å². The van der Waals surface area contributed by atoms with Crippen LogP contribution in [-0.2, 0) is 18.6 Å². The van der Waals surface area contributed by atoms with Crippen molar-refractivity contribution in [3.8, 4) is 10.6 Å². The van der Waals surface area contributed by atoms with Gasteiger partial charge in [0.15, 0.2) is 11.7 Å². The lowest BCUT2D eigenvalue weighted by Crippen LogP contribution is -2.16. The highest BCUT2D eigenvalue weighted by molar-refractivity contribution is 7.98. The van der Waals surface area contributed by atoms with Crippen LogP contribution in [0.1, 0.15) is 36.1 Å². The molecule has 0 saturated heterocycles. The molecule has 0 fully saturated rings. The lowest BCUT2D eigenvalue weighted by Gasteiger charge is -2.08. The molecule has 1 aliphatic rings. The third-order valence-corrected chi connectivity index (χ3v) is 5.85. The monoisotopic (exact) mass is 322 g/mol. The van der Waals surface area contributed by atoms with Crippen molar-refractivity contribution in [3.05, 3.63) is 28.6 Å². The van der Waals surface area contributed by atoms with Crippen LogP contribution in [0.15, 0.2) is 16.7 Å². The third-order valence-electron chi connectivity index (χ3n) is 3.60. The quantitative estimate of drug-likeness (QED) is 0.778. The minimum absolute atomic E-state index is 0.865. The van der Waals surface area contributed by atoms with Crippen LogP contribution in [0.25, 0.3) is 10.6 Å². The summed E-state index contributed by atoms with van der Waals surface area (Å²) < 4.78 is 5.92. The molecule has 3 nitrogen and oxygen atoms in total. The van der Waals surface area contributed by atoms with Crippen LogP contribution in [0.2, 0.25) is 0 Å². The van der Waals surface area contributed by atoms with Gasteiger partial charge in [0, 0.05) is 17.1 Å². The van der Waals surface area contributed by atoms with E-state index in [1.54, 1.807) is 0 Å². The number of nitrogens with zero attached hydrogens (tertiary/aromatic N) is 1. The van der Waals surface area contributed by atoms with Gasteiger partial charge in [0.05, 0.1) is 11.1 Å². The Kier molecular flexibility index (Phi) is 5.38. The summed E-state index contributed by atoms with van der Waals surface area (Å²) in [5.41, 5.74) is 1.49. The molecule has 3 heterocycles. The second-order valence-corrected chi connectivity index (χ2v) is 7.58. The maximum absolute atomic E-state index is 5.92. The molecule has 0 aromatic carbocycles. The zero-order chi connectivity index (χ0) is 14.5. The molecular weight excluding hydrogens is 300 g/mol. The van der Waals surface area contributed by atoms with E-state index in [-0.39, 0.29) is 0 Å². The van der Waals surface area contributed by atoms with Crippen LogP contribution in [0.5, 0.6) is 0 Å². The van der Waals surface area contributed by atoms with Gasteiger partial charge in [0.25, 0.3) is 0 Å². The van der Waals surface area contributed by atoms with Crippen LogP contribution in [-0.4, -0.2) is 23.8 Å². The molecule has 1 aliphatic heterocycles. The molecule has 114 valence electrons. The van der Waals surface area contributed by atoms with Crippen molar-refractivity contribution in [2.75, 3.05) is 18.8 Å². The number of rotatable bonds is 7. The van der Waals surface area contributed by atoms with Crippen molar-refractivity contribution in [1.82, 2.24) is 10.3 Å². The van der Waals surface area contributed by atoms with E-state index in [2.05, 4.69) is 23.3 Å². The summed E-state index contributed by atoms with van der Waals surface area (Å²) in [6.45, 7) is 4.32. The number of nitrogens with one attached hydrogen (secondary N) is 1. The molecular formula is C16H22N2OS2. The molecule has 0 unspecified atom stereocenters. The van der Waals surface area contributed by atoms with Crippen LogP contribution in [0.4, 0.5) is 0 Å². The van der Waals surface area contributed by atoms with Crippen molar-refractivity contribution in [3.63, 3.8) is 0 Å². The number of hydrogen-bond donors (Lipinski definition) is 1. The topological polar surface area (TPSA) is 38.1 Å². The van der Waals surface area contributed by atoms with Gasteiger partial charge in [0.1, 0.15) is 0 Å². The van der Waals surface area contributed by atoms with E-state index in [1.165, 1.54) is 33.9 Å². The third kappa shape index (κ3) is 3.90. The SMILES string of the molecule is CCCNCCCc1ncc(-c2cc3c(s2)CCSC3)o1. The van der Waals surface area contributed by atoms with Gasteiger partial charge in [-0.3, -0.25) is 0 Å². The van der Waals surface area contributed by atoms with Gasteiger partial charge in [0.2, 0.25) is 0 Å². The Morgan fingerprint density at radius 2 is 2.33 bits per heavy atom. The fraction of sp³-hybridized carbons (Fsp3) is 0.562. The standard InChI is InChI=1S/C16H22N2OS2/c1-2-6-17-7-3-4-16-18-10-13(19-16)15-9-12-11-20-8-5-14(12)21-15/h9-10,17H,2-8,11H2,1H3. The molecule has 5 heteroatoms. The zero-order valence-corrected chi connectivity index (χ0v) is 14.1. The van der Waals surface area contributed by atoms with Gasteiger partial charge in [-0.2, -0.15) is 11.8 Å². The smallest absolute Gasteiger partial charge is 0.194 e. The van der Waals surface area contributed by atoms with E-state index in [1.807, 2.05) is 29.3 Å². The average molecular weight is 322 g/mol. The first-order valence-corrected chi connectivity index (χ1v) is 9.69. The summed E-state index contributed by atoms with van der Waals surface area (Å²) in [6.07, 6.45) is 6.27. The molecule has 0 saturated carbocycles. The largest absolute Gasteiger partial charge is 0.440 e. The van der Waals surface area contributed by atoms with Crippen molar-refractivity contribution in [2.45, 2.75) is 38.4 Å². The highest BCUT2D eigenvalue weighted by Gasteiger charge is 2.16.